The molecule has 2 atom stereocenters. The van der Waals surface area contributed by atoms with Gasteiger partial charge in [0, 0.05) is 12.8 Å². The lowest BCUT2D eigenvalue weighted by Gasteiger charge is -2.39. The smallest absolute Gasteiger partial charge is 0.417 e. The summed E-state index contributed by atoms with van der Waals surface area (Å²) in [6, 6.07) is 10.9. The highest BCUT2D eigenvalue weighted by atomic mass is 35.5. The van der Waals surface area contributed by atoms with E-state index in [0.29, 0.717) is 6.61 Å². The molecule has 2 aromatic rings. The van der Waals surface area contributed by atoms with Gasteiger partial charge in [0.05, 0.1) is 12.1 Å². The molecule has 1 aliphatic rings. The second-order valence-corrected chi connectivity index (χ2v) is 7.27. The van der Waals surface area contributed by atoms with Crippen molar-refractivity contribution in [2.24, 2.45) is 5.92 Å². The van der Waals surface area contributed by atoms with Crippen molar-refractivity contribution in [2.45, 2.75) is 45.4 Å². The van der Waals surface area contributed by atoms with E-state index in [0.717, 1.165) is 18.4 Å². The van der Waals surface area contributed by atoms with Gasteiger partial charge in [0.15, 0.2) is 0 Å². The average molecular weight is 390 g/mol. The van der Waals surface area contributed by atoms with E-state index in [1.807, 2.05) is 30.3 Å². The lowest BCUT2D eigenvalue weighted by molar-refractivity contribution is -0.0278. The van der Waals surface area contributed by atoms with Gasteiger partial charge in [-0.05, 0) is 30.4 Å². The van der Waals surface area contributed by atoms with Gasteiger partial charge >= 0.3 is 6.09 Å². The Bertz CT molecular complexity index is 757. The van der Waals surface area contributed by atoms with Gasteiger partial charge in [0.1, 0.15) is 11.8 Å². The Labute approximate surface area is 164 Å². The monoisotopic (exact) mass is 389 g/mol. The molecule has 0 bridgehead atoms. The number of carbonyl (C=O) groups excluding carboxylic acids is 1. The number of nitrogens with zero attached hydrogens (tertiary/aromatic N) is 3. The van der Waals surface area contributed by atoms with Crippen LogP contribution in [0, 0.1) is 5.92 Å². The van der Waals surface area contributed by atoms with Crippen LogP contribution in [-0.2, 0) is 16.1 Å². The lowest BCUT2D eigenvalue weighted by atomic mass is 9.92. The third kappa shape index (κ3) is 4.96. The highest BCUT2D eigenvalue weighted by Gasteiger charge is 2.38. The minimum absolute atomic E-state index is 0.120. The molecule has 0 N–H and O–H groups in total. The van der Waals surface area contributed by atoms with Gasteiger partial charge < -0.3 is 9.47 Å². The maximum atomic E-state index is 13.0. The molecule has 2 heterocycles. The van der Waals surface area contributed by atoms with Crippen LogP contribution in [0.15, 0.2) is 42.6 Å². The average Bonchev–Trinajstić information content (AvgIpc) is 2.68. The fourth-order valence-electron chi connectivity index (χ4n) is 3.30. The van der Waals surface area contributed by atoms with Crippen molar-refractivity contribution in [1.82, 2.24) is 9.97 Å². The number of hydrogen-bond acceptors (Lipinski definition) is 5. The van der Waals surface area contributed by atoms with E-state index in [1.54, 1.807) is 6.07 Å². The van der Waals surface area contributed by atoms with Gasteiger partial charge in [-0.3, -0.25) is 0 Å². The molecule has 6 nitrogen and oxygen atoms in total. The molecule has 0 saturated carbocycles. The van der Waals surface area contributed by atoms with Crippen molar-refractivity contribution in [1.29, 1.82) is 0 Å². The number of carbonyl (C=O) groups is 1. The van der Waals surface area contributed by atoms with Crippen molar-refractivity contribution in [3.8, 4) is 0 Å². The Kier molecular flexibility index (Phi) is 6.63. The third-order valence-corrected chi connectivity index (χ3v) is 4.76. The summed E-state index contributed by atoms with van der Waals surface area (Å²) in [7, 11) is 0. The van der Waals surface area contributed by atoms with Gasteiger partial charge in [-0.1, -0.05) is 55.8 Å². The van der Waals surface area contributed by atoms with Crippen LogP contribution < -0.4 is 4.90 Å². The van der Waals surface area contributed by atoms with Crippen LogP contribution in [-0.4, -0.2) is 34.8 Å². The predicted octanol–water partition coefficient (Wildman–Crippen LogP) is 4.48. The van der Waals surface area contributed by atoms with Gasteiger partial charge in [0.25, 0.3) is 0 Å². The Balaban J connectivity index is 1.86. The lowest BCUT2D eigenvalue weighted by Crippen LogP contribution is -2.53. The molecule has 144 valence electrons. The first-order valence-electron chi connectivity index (χ1n) is 9.16. The van der Waals surface area contributed by atoms with Crippen molar-refractivity contribution in [3.05, 3.63) is 53.3 Å². The fourth-order valence-corrected chi connectivity index (χ4v) is 3.43. The Morgan fingerprint density at radius 3 is 2.81 bits per heavy atom. The molecule has 1 aromatic carbocycles. The summed E-state index contributed by atoms with van der Waals surface area (Å²) in [5, 5.41) is 0.277. The van der Waals surface area contributed by atoms with Gasteiger partial charge in [-0.2, -0.15) is 0 Å². The quantitative estimate of drug-likeness (QED) is 0.705. The normalized spacial score (nSPS) is 19.7. The number of halogens is 1. The number of aromatic nitrogens is 2. The molecule has 0 spiro atoms. The highest BCUT2D eigenvalue weighted by molar-refractivity contribution is 6.29. The zero-order valence-corrected chi connectivity index (χ0v) is 16.3. The van der Waals surface area contributed by atoms with E-state index in [2.05, 4.69) is 23.8 Å². The summed E-state index contributed by atoms with van der Waals surface area (Å²) < 4.78 is 11.5. The number of rotatable bonds is 5. The Hall–Kier alpha value is -2.18. The number of benzene rings is 1. The van der Waals surface area contributed by atoms with Crippen molar-refractivity contribution in [3.63, 3.8) is 0 Å². The van der Waals surface area contributed by atoms with E-state index >= 15 is 0 Å². The second kappa shape index (κ2) is 9.15. The standard InChI is InChI=1S/C20H24ClN3O3/c1-14(2)18-16(9-6-12-26-18)24(19-22-11-10-17(21)23-19)20(25)27-13-15-7-4-3-5-8-15/h3-5,7-8,10-11,14,16,18H,6,9,12-13H2,1-2H3. The zero-order chi connectivity index (χ0) is 19.2. The maximum absolute atomic E-state index is 13.0. The van der Waals surface area contributed by atoms with Crippen LogP contribution in [0.5, 0.6) is 0 Å². The summed E-state index contributed by atoms with van der Waals surface area (Å²) in [5.41, 5.74) is 0.915. The minimum atomic E-state index is -0.498. The molecule has 1 saturated heterocycles. The zero-order valence-electron chi connectivity index (χ0n) is 15.5. The van der Waals surface area contributed by atoms with E-state index < -0.39 is 6.09 Å². The van der Waals surface area contributed by atoms with Crippen LogP contribution in [0.2, 0.25) is 5.15 Å². The second-order valence-electron chi connectivity index (χ2n) is 6.88. The molecule has 1 fully saturated rings. The molecular formula is C20H24ClN3O3. The molecule has 1 amide bonds. The molecular weight excluding hydrogens is 366 g/mol. The summed E-state index contributed by atoms with van der Waals surface area (Å²) in [4.78, 5) is 23.0. The first-order valence-corrected chi connectivity index (χ1v) is 9.54. The van der Waals surface area contributed by atoms with Gasteiger partial charge in [0.2, 0.25) is 5.95 Å². The van der Waals surface area contributed by atoms with E-state index in [4.69, 9.17) is 21.1 Å². The van der Waals surface area contributed by atoms with Crippen molar-refractivity contribution in [2.75, 3.05) is 11.5 Å². The molecule has 2 unspecified atom stereocenters. The Morgan fingerprint density at radius 2 is 2.11 bits per heavy atom. The van der Waals surface area contributed by atoms with Crippen LogP contribution >= 0.6 is 11.6 Å². The topological polar surface area (TPSA) is 64.5 Å². The fraction of sp³-hybridized carbons (Fsp3) is 0.450. The molecule has 0 aliphatic carbocycles. The number of amides is 1. The highest BCUT2D eigenvalue weighted by Crippen LogP contribution is 2.28. The first kappa shape index (κ1) is 19.6. The van der Waals surface area contributed by atoms with Crippen LogP contribution in [0.3, 0.4) is 0 Å². The van der Waals surface area contributed by atoms with Crippen LogP contribution in [0.4, 0.5) is 10.7 Å². The maximum Gasteiger partial charge on any atom is 0.417 e. The van der Waals surface area contributed by atoms with Gasteiger partial charge in [-0.15, -0.1) is 0 Å². The first-order chi connectivity index (χ1) is 13.1. The van der Waals surface area contributed by atoms with Gasteiger partial charge in [-0.25, -0.2) is 19.7 Å². The third-order valence-electron chi connectivity index (χ3n) is 4.55. The molecule has 1 aliphatic heterocycles. The largest absolute Gasteiger partial charge is 0.444 e. The molecule has 1 aromatic heterocycles. The van der Waals surface area contributed by atoms with Crippen LogP contribution in [0.25, 0.3) is 0 Å². The van der Waals surface area contributed by atoms with Crippen molar-refractivity contribution < 1.29 is 14.3 Å². The Morgan fingerprint density at radius 1 is 1.33 bits per heavy atom. The van der Waals surface area contributed by atoms with E-state index in [1.165, 1.54) is 11.1 Å². The summed E-state index contributed by atoms with van der Waals surface area (Å²) in [6.45, 7) is 5.02. The van der Waals surface area contributed by atoms with Crippen LogP contribution in [0.1, 0.15) is 32.3 Å². The molecule has 27 heavy (non-hydrogen) atoms. The number of anilines is 1. The van der Waals surface area contributed by atoms with Crippen molar-refractivity contribution >= 4 is 23.6 Å². The predicted molar refractivity (Wildman–Crippen MR) is 104 cm³/mol. The summed E-state index contributed by atoms with van der Waals surface area (Å²) in [5.74, 6) is 0.473. The van der Waals surface area contributed by atoms with E-state index in [9.17, 15) is 4.79 Å². The summed E-state index contributed by atoms with van der Waals surface area (Å²) >= 11 is 6.04. The molecule has 0 radical (unpaired) electrons. The minimum Gasteiger partial charge on any atom is -0.444 e. The summed E-state index contributed by atoms with van der Waals surface area (Å²) in [6.07, 6.45) is 2.57. The van der Waals surface area contributed by atoms with E-state index in [-0.39, 0.29) is 35.8 Å². The molecule has 7 heteroatoms. The molecule has 3 rings (SSSR count). The number of ether oxygens (including phenoxy) is 2. The SMILES string of the molecule is CC(C)C1OCCCC1N(C(=O)OCc1ccccc1)c1nccc(Cl)n1. The number of hydrogen-bond donors (Lipinski definition) is 0.